The lowest BCUT2D eigenvalue weighted by Gasteiger charge is -2.31. The highest BCUT2D eigenvalue weighted by Gasteiger charge is 2.34. The van der Waals surface area contributed by atoms with Crippen LogP contribution in [0.4, 0.5) is 10.1 Å². The van der Waals surface area contributed by atoms with Crippen LogP contribution in [0.3, 0.4) is 0 Å². The molecular formula is C28H31FN2O3S. The summed E-state index contributed by atoms with van der Waals surface area (Å²) in [6.07, 6.45) is 2.93. The molecule has 4 rings (SSSR count). The molecule has 1 heterocycles. The highest BCUT2D eigenvalue weighted by Crippen LogP contribution is 2.44. The van der Waals surface area contributed by atoms with Gasteiger partial charge in [-0.15, -0.1) is 0 Å². The molecule has 1 aliphatic rings. The van der Waals surface area contributed by atoms with Crippen LogP contribution in [0, 0.1) is 12.7 Å². The van der Waals surface area contributed by atoms with E-state index < -0.39 is 11.8 Å². The Morgan fingerprint density at radius 1 is 1.14 bits per heavy atom. The normalized spacial score (nSPS) is 14.7. The van der Waals surface area contributed by atoms with Crippen LogP contribution in [0.2, 0.25) is 0 Å². The third-order valence-electron chi connectivity index (χ3n) is 5.96. The maximum absolute atomic E-state index is 15.9. The monoisotopic (exact) mass is 494 g/mol. The molecule has 1 aliphatic heterocycles. The van der Waals surface area contributed by atoms with Crippen molar-refractivity contribution in [1.29, 1.82) is 0 Å². The first-order valence-corrected chi connectivity index (χ1v) is 13.0. The van der Waals surface area contributed by atoms with Gasteiger partial charge in [0.1, 0.15) is 23.7 Å². The first-order chi connectivity index (χ1) is 17.1. The van der Waals surface area contributed by atoms with Crippen LogP contribution in [0.5, 0.6) is 11.5 Å². The highest BCUT2D eigenvalue weighted by molar-refractivity contribution is 7.97. The van der Waals surface area contributed by atoms with E-state index in [2.05, 4.69) is 17.0 Å². The minimum atomic E-state index is -0.646. The molecule has 3 aromatic rings. The Morgan fingerprint density at radius 3 is 2.57 bits per heavy atom. The number of fused-ring (bicyclic) bond motifs is 1. The molecule has 35 heavy (non-hydrogen) atoms. The molecule has 184 valence electrons. The second-order valence-corrected chi connectivity index (χ2v) is 9.43. The number of unbranched alkanes of at least 4 members (excludes halogenated alkanes) is 1. The molecule has 5 nitrogen and oxygen atoms in total. The minimum Gasteiger partial charge on any atom is -0.486 e. The Labute approximate surface area is 210 Å². The smallest absolute Gasteiger partial charge is 0.347 e. The molecular weight excluding hydrogens is 463 g/mol. The first-order valence-electron chi connectivity index (χ1n) is 12.0. The Bertz CT molecular complexity index is 1140. The molecule has 0 fully saturated rings. The molecule has 0 aliphatic carbocycles. The van der Waals surface area contributed by atoms with Crippen LogP contribution in [0.1, 0.15) is 59.3 Å². The van der Waals surface area contributed by atoms with Crippen molar-refractivity contribution in [1.82, 2.24) is 4.72 Å². The fourth-order valence-electron chi connectivity index (χ4n) is 4.09. The number of hydrogen-bond donors (Lipinski definition) is 2. The van der Waals surface area contributed by atoms with E-state index in [0.717, 1.165) is 30.6 Å². The summed E-state index contributed by atoms with van der Waals surface area (Å²) in [5.74, 6) is 0.619. The zero-order chi connectivity index (χ0) is 24.6. The number of carbonyl (C=O) groups is 1. The van der Waals surface area contributed by atoms with E-state index in [1.807, 2.05) is 36.4 Å². The van der Waals surface area contributed by atoms with Gasteiger partial charge in [0.25, 0.3) is 0 Å². The van der Waals surface area contributed by atoms with Gasteiger partial charge < -0.3 is 14.8 Å². The Hall–Kier alpha value is -3.03. The second-order valence-electron chi connectivity index (χ2n) is 8.50. The average Bonchev–Trinajstić information content (AvgIpc) is 2.89. The van der Waals surface area contributed by atoms with E-state index in [-0.39, 0.29) is 23.8 Å². The van der Waals surface area contributed by atoms with Crippen molar-refractivity contribution in [2.24, 2.45) is 0 Å². The Balaban J connectivity index is 1.73. The van der Waals surface area contributed by atoms with Crippen LogP contribution in [0.25, 0.3) is 0 Å². The van der Waals surface area contributed by atoms with Crippen LogP contribution >= 0.6 is 11.9 Å². The molecule has 0 amide bonds. The summed E-state index contributed by atoms with van der Waals surface area (Å²) in [6, 6.07) is 18.3. The summed E-state index contributed by atoms with van der Waals surface area (Å²) in [4.78, 5) is 13.3. The lowest BCUT2D eigenvalue weighted by molar-refractivity contribution is 0.0728. The number of anilines is 1. The zero-order valence-corrected chi connectivity index (χ0v) is 20.9. The van der Waals surface area contributed by atoms with E-state index in [1.54, 1.807) is 43.1 Å². The molecule has 3 aromatic carbocycles. The first kappa shape index (κ1) is 25.1. The molecule has 2 N–H and O–H groups in total. The number of ether oxygens (including phenoxy) is 2. The van der Waals surface area contributed by atoms with Crippen molar-refractivity contribution < 1.29 is 18.7 Å². The number of hydrogen-bond acceptors (Lipinski definition) is 6. The largest absolute Gasteiger partial charge is 0.486 e. The van der Waals surface area contributed by atoms with Gasteiger partial charge in [0.15, 0.2) is 5.75 Å². The van der Waals surface area contributed by atoms with Gasteiger partial charge in [0.2, 0.25) is 0 Å². The van der Waals surface area contributed by atoms with Gasteiger partial charge in [-0.1, -0.05) is 73.8 Å². The van der Waals surface area contributed by atoms with Crippen LogP contribution in [-0.4, -0.2) is 18.3 Å². The van der Waals surface area contributed by atoms with Crippen molar-refractivity contribution in [3.63, 3.8) is 0 Å². The van der Waals surface area contributed by atoms with Crippen LogP contribution in [0.15, 0.2) is 60.7 Å². The molecule has 0 bridgehead atoms. The maximum Gasteiger partial charge on any atom is 0.347 e. The van der Waals surface area contributed by atoms with Crippen molar-refractivity contribution in [3.05, 3.63) is 88.7 Å². The summed E-state index contributed by atoms with van der Waals surface area (Å²) < 4.78 is 31.1. The molecule has 7 heteroatoms. The standard InChI is InChI=1S/C28H31FN2O3S/c1-3-4-17-35-31-22-15-16-30-26-24(22)25(29)19(2)23(28(32)34-21-13-9-6-10-14-21)27(26)33-18-20-11-7-5-8-12-20/h5-14,22,30-31H,3-4,15-18H2,1-2H3. The van der Waals surface area contributed by atoms with Crippen LogP contribution in [-0.2, 0) is 6.61 Å². The number of nitrogens with one attached hydrogen (secondary N) is 2. The third kappa shape index (κ3) is 5.97. The highest BCUT2D eigenvalue weighted by atomic mass is 32.2. The third-order valence-corrected chi connectivity index (χ3v) is 6.90. The van der Waals surface area contributed by atoms with Crippen molar-refractivity contribution in [2.75, 3.05) is 17.6 Å². The predicted octanol–water partition coefficient (Wildman–Crippen LogP) is 6.83. The van der Waals surface area contributed by atoms with E-state index in [1.165, 1.54) is 0 Å². The molecule has 0 spiro atoms. The summed E-state index contributed by atoms with van der Waals surface area (Å²) in [5, 5.41) is 3.30. The number of esters is 1. The van der Waals surface area contributed by atoms with Crippen molar-refractivity contribution in [3.8, 4) is 11.5 Å². The predicted molar refractivity (Wildman–Crippen MR) is 140 cm³/mol. The van der Waals surface area contributed by atoms with Gasteiger partial charge in [0.05, 0.1) is 5.69 Å². The zero-order valence-electron chi connectivity index (χ0n) is 20.1. The number of carbonyl (C=O) groups excluding carboxylic acids is 1. The minimum absolute atomic E-state index is 0.104. The number of rotatable bonds is 10. The maximum atomic E-state index is 15.9. The van der Waals surface area contributed by atoms with Gasteiger partial charge >= 0.3 is 5.97 Å². The van der Waals surface area contributed by atoms with Crippen LogP contribution < -0.4 is 19.5 Å². The molecule has 0 saturated carbocycles. The Morgan fingerprint density at radius 2 is 1.86 bits per heavy atom. The molecule has 1 unspecified atom stereocenters. The lowest BCUT2D eigenvalue weighted by atomic mass is 9.92. The topological polar surface area (TPSA) is 59.6 Å². The fourth-order valence-corrected chi connectivity index (χ4v) is 5.08. The molecule has 0 radical (unpaired) electrons. The van der Waals surface area contributed by atoms with E-state index in [4.69, 9.17) is 9.47 Å². The number of para-hydroxylation sites is 1. The summed E-state index contributed by atoms with van der Waals surface area (Å²) in [6.45, 7) is 4.64. The fraction of sp³-hybridized carbons (Fsp3) is 0.321. The van der Waals surface area contributed by atoms with Gasteiger partial charge in [-0.2, -0.15) is 0 Å². The van der Waals surface area contributed by atoms with E-state index in [0.29, 0.717) is 29.3 Å². The summed E-state index contributed by atoms with van der Waals surface area (Å²) in [7, 11) is 0. The molecule has 0 saturated heterocycles. The van der Waals surface area contributed by atoms with Crippen molar-refractivity contribution in [2.45, 2.75) is 45.8 Å². The lowest BCUT2D eigenvalue weighted by Crippen LogP contribution is -2.28. The van der Waals surface area contributed by atoms with Gasteiger partial charge in [-0.3, -0.25) is 4.72 Å². The SMILES string of the molecule is CCCCSNC1CCNc2c(OCc3ccccc3)c(C(=O)Oc3ccccc3)c(C)c(F)c21. The number of halogens is 1. The van der Waals surface area contributed by atoms with Gasteiger partial charge in [0, 0.05) is 29.5 Å². The van der Waals surface area contributed by atoms with E-state index >= 15 is 4.39 Å². The quantitative estimate of drug-likeness (QED) is 0.139. The number of benzene rings is 3. The molecule has 1 atom stereocenters. The Kier molecular flexibility index (Phi) is 8.66. The van der Waals surface area contributed by atoms with E-state index in [9.17, 15) is 4.79 Å². The summed E-state index contributed by atoms with van der Waals surface area (Å²) in [5.41, 5.74) is 2.31. The van der Waals surface area contributed by atoms with Gasteiger partial charge in [-0.05, 0) is 37.5 Å². The molecule has 0 aromatic heterocycles. The van der Waals surface area contributed by atoms with Gasteiger partial charge in [-0.25, -0.2) is 9.18 Å². The average molecular weight is 495 g/mol. The van der Waals surface area contributed by atoms with Crippen molar-refractivity contribution >= 4 is 23.6 Å². The summed E-state index contributed by atoms with van der Waals surface area (Å²) >= 11 is 1.61. The second kappa shape index (κ2) is 12.1.